The molecule has 0 spiro atoms. The van der Waals surface area contributed by atoms with Gasteiger partial charge < -0.3 is 9.72 Å². The maximum absolute atomic E-state index is 11.9. The number of rotatable bonds is 4. The van der Waals surface area contributed by atoms with Crippen molar-refractivity contribution in [1.29, 1.82) is 0 Å². The van der Waals surface area contributed by atoms with E-state index < -0.39 is 0 Å². The van der Waals surface area contributed by atoms with Crippen LogP contribution >= 0.6 is 11.8 Å². The van der Waals surface area contributed by atoms with Gasteiger partial charge >= 0.3 is 5.97 Å². The van der Waals surface area contributed by atoms with E-state index in [0.717, 1.165) is 5.56 Å². The zero-order valence-electron chi connectivity index (χ0n) is 10.7. The van der Waals surface area contributed by atoms with E-state index >= 15 is 0 Å². The van der Waals surface area contributed by atoms with Crippen LogP contribution in [0, 0.1) is 6.92 Å². The largest absolute Gasteiger partial charge is 0.468 e. The number of nitrogens with one attached hydrogen (secondary N) is 1. The monoisotopic (exact) mass is 278 g/mol. The first kappa shape index (κ1) is 13.6. The Bertz CT molecular complexity index is 666. The van der Waals surface area contributed by atoms with E-state index in [1.54, 1.807) is 6.07 Å². The van der Waals surface area contributed by atoms with Crippen LogP contribution in [-0.4, -0.2) is 28.8 Å². The molecule has 0 fully saturated rings. The summed E-state index contributed by atoms with van der Waals surface area (Å²) < 4.78 is 4.55. The van der Waals surface area contributed by atoms with Crippen LogP contribution in [0.3, 0.4) is 0 Å². The lowest BCUT2D eigenvalue weighted by Gasteiger charge is -2.04. The van der Waals surface area contributed by atoms with E-state index in [-0.39, 0.29) is 17.3 Å². The Balaban J connectivity index is 2.23. The Kier molecular flexibility index (Phi) is 4.21. The summed E-state index contributed by atoms with van der Waals surface area (Å²) in [4.78, 5) is 30.1. The molecule has 0 unspecified atom stereocenters. The predicted molar refractivity (Wildman–Crippen MR) is 75.3 cm³/mol. The van der Waals surface area contributed by atoms with Crippen molar-refractivity contribution in [3.8, 4) is 0 Å². The fourth-order valence-corrected chi connectivity index (χ4v) is 2.43. The summed E-state index contributed by atoms with van der Waals surface area (Å²) in [6.07, 6.45) is 0. The van der Waals surface area contributed by atoms with E-state index in [4.69, 9.17) is 0 Å². The summed E-state index contributed by atoms with van der Waals surface area (Å²) in [5, 5.41) is 0.585. The van der Waals surface area contributed by atoms with Gasteiger partial charge in [0, 0.05) is 0 Å². The Morgan fingerprint density at radius 3 is 3.00 bits per heavy atom. The number of thioether (sulfide) groups is 1. The second-order valence-electron chi connectivity index (χ2n) is 4.05. The highest BCUT2D eigenvalue weighted by Crippen LogP contribution is 2.14. The molecule has 0 bridgehead atoms. The molecule has 0 amide bonds. The van der Waals surface area contributed by atoms with Crippen molar-refractivity contribution >= 4 is 28.6 Å². The molecule has 1 aromatic heterocycles. The van der Waals surface area contributed by atoms with Gasteiger partial charge in [0.2, 0.25) is 0 Å². The third kappa shape index (κ3) is 3.14. The number of methoxy groups -OCH3 is 1. The molecule has 0 aliphatic rings. The first-order valence-corrected chi connectivity index (χ1v) is 6.90. The second-order valence-corrected chi connectivity index (χ2v) is 5.04. The van der Waals surface area contributed by atoms with Gasteiger partial charge in [-0.1, -0.05) is 12.1 Å². The number of H-pyrrole nitrogens is 1. The molecule has 5 nitrogen and oxygen atoms in total. The highest BCUT2D eigenvalue weighted by Gasteiger charge is 2.07. The molecule has 0 atom stereocenters. The third-order valence-electron chi connectivity index (χ3n) is 2.67. The van der Waals surface area contributed by atoms with Gasteiger partial charge in [-0.05, 0) is 18.6 Å². The number of para-hydroxylation sites is 1. The second kappa shape index (κ2) is 5.88. The van der Waals surface area contributed by atoms with Crippen LogP contribution in [0.15, 0.2) is 23.0 Å². The van der Waals surface area contributed by atoms with Gasteiger partial charge in [-0.15, -0.1) is 11.8 Å². The molecule has 1 heterocycles. The first-order valence-electron chi connectivity index (χ1n) is 5.75. The molecule has 19 heavy (non-hydrogen) atoms. The van der Waals surface area contributed by atoms with Crippen molar-refractivity contribution in [3.63, 3.8) is 0 Å². The molecular formula is C13H14N2O3S. The number of carbonyl (C=O) groups is 1. The Morgan fingerprint density at radius 1 is 1.47 bits per heavy atom. The maximum Gasteiger partial charge on any atom is 0.315 e. The van der Waals surface area contributed by atoms with E-state index in [0.29, 0.717) is 22.5 Å². The first-order chi connectivity index (χ1) is 9.11. The number of aromatic amines is 1. The number of esters is 1. The molecule has 0 saturated carbocycles. The molecular weight excluding hydrogens is 264 g/mol. The highest BCUT2D eigenvalue weighted by molar-refractivity contribution is 7.99. The summed E-state index contributed by atoms with van der Waals surface area (Å²) in [6, 6.07) is 5.50. The lowest BCUT2D eigenvalue weighted by atomic mass is 10.1. The minimum Gasteiger partial charge on any atom is -0.468 e. The molecule has 1 aromatic carbocycles. The number of aryl methyl sites for hydroxylation is 1. The van der Waals surface area contributed by atoms with Crippen LogP contribution in [0.25, 0.3) is 10.9 Å². The average molecular weight is 278 g/mol. The topological polar surface area (TPSA) is 72.0 Å². The molecule has 0 aliphatic carbocycles. The van der Waals surface area contributed by atoms with Crippen molar-refractivity contribution in [2.75, 3.05) is 12.9 Å². The van der Waals surface area contributed by atoms with Crippen molar-refractivity contribution in [2.45, 2.75) is 12.7 Å². The Labute approximate surface area is 114 Å². The van der Waals surface area contributed by atoms with Crippen LogP contribution in [0.5, 0.6) is 0 Å². The molecule has 2 aromatic rings. The number of benzene rings is 1. The fourth-order valence-electron chi connectivity index (χ4n) is 1.71. The number of nitrogens with zero attached hydrogens (tertiary/aromatic N) is 1. The predicted octanol–water partition coefficient (Wildman–Crippen LogP) is 1.64. The average Bonchev–Trinajstić information content (AvgIpc) is 2.40. The highest BCUT2D eigenvalue weighted by atomic mass is 32.2. The van der Waals surface area contributed by atoms with Crippen LogP contribution in [0.2, 0.25) is 0 Å². The van der Waals surface area contributed by atoms with Crippen LogP contribution in [0.1, 0.15) is 11.4 Å². The van der Waals surface area contributed by atoms with Gasteiger partial charge in [-0.25, -0.2) is 4.98 Å². The molecule has 100 valence electrons. The normalized spacial score (nSPS) is 10.6. The summed E-state index contributed by atoms with van der Waals surface area (Å²) in [7, 11) is 1.35. The molecule has 0 saturated heterocycles. The third-order valence-corrected chi connectivity index (χ3v) is 3.59. The summed E-state index contributed by atoms with van der Waals surface area (Å²) in [6.45, 7) is 1.92. The molecule has 0 radical (unpaired) electrons. The molecule has 1 N–H and O–H groups in total. The SMILES string of the molecule is COC(=O)CSCc1nc2c(C)cccc2c(=O)[nH]1. The van der Waals surface area contributed by atoms with Gasteiger partial charge in [0.1, 0.15) is 5.82 Å². The smallest absolute Gasteiger partial charge is 0.315 e. The summed E-state index contributed by atoms with van der Waals surface area (Å²) in [5.41, 5.74) is 1.52. The van der Waals surface area contributed by atoms with Crippen LogP contribution in [-0.2, 0) is 15.3 Å². The summed E-state index contributed by atoms with van der Waals surface area (Å²) in [5.74, 6) is 0.991. The van der Waals surface area contributed by atoms with Gasteiger partial charge in [0.15, 0.2) is 0 Å². The summed E-state index contributed by atoms with van der Waals surface area (Å²) >= 11 is 1.35. The number of carbonyl (C=O) groups excluding carboxylic acids is 1. The minimum atomic E-state index is -0.288. The number of aromatic nitrogens is 2. The van der Waals surface area contributed by atoms with Gasteiger partial charge in [0.25, 0.3) is 5.56 Å². The molecule has 2 rings (SSSR count). The van der Waals surface area contributed by atoms with Crippen molar-refractivity contribution in [2.24, 2.45) is 0 Å². The lowest BCUT2D eigenvalue weighted by Crippen LogP contribution is -2.12. The maximum atomic E-state index is 11.9. The van der Waals surface area contributed by atoms with E-state index in [1.807, 2.05) is 19.1 Å². The van der Waals surface area contributed by atoms with Crippen LogP contribution < -0.4 is 5.56 Å². The number of hydrogen-bond donors (Lipinski definition) is 1. The molecule has 6 heteroatoms. The van der Waals surface area contributed by atoms with E-state index in [2.05, 4.69) is 14.7 Å². The Hall–Kier alpha value is -1.82. The zero-order valence-corrected chi connectivity index (χ0v) is 11.5. The van der Waals surface area contributed by atoms with Crippen molar-refractivity contribution in [1.82, 2.24) is 9.97 Å². The quantitative estimate of drug-likeness (QED) is 0.861. The zero-order chi connectivity index (χ0) is 13.8. The number of fused-ring (bicyclic) bond motifs is 1. The van der Waals surface area contributed by atoms with Crippen LogP contribution in [0.4, 0.5) is 0 Å². The van der Waals surface area contributed by atoms with Gasteiger partial charge in [-0.2, -0.15) is 0 Å². The van der Waals surface area contributed by atoms with Gasteiger partial charge in [0.05, 0.1) is 29.5 Å². The van der Waals surface area contributed by atoms with E-state index in [1.165, 1.54) is 18.9 Å². The fraction of sp³-hybridized carbons (Fsp3) is 0.308. The Morgan fingerprint density at radius 2 is 2.26 bits per heavy atom. The number of hydrogen-bond acceptors (Lipinski definition) is 5. The number of ether oxygens (including phenoxy) is 1. The lowest BCUT2D eigenvalue weighted by molar-refractivity contribution is -0.137. The van der Waals surface area contributed by atoms with Gasteiger partial charge in [-0.3, -0.25) is 9.59 Å². The van der Waals surface area contributed by atoms with Crippen molar-refractivity contribution < 1.29 is 9.53 Å². The standard InChI is InChI=1S/C13H14N2O3S/c1-8-4-3-5-9-12(8)14-10(15-13(9)17)6-19-7-11(16)18-2/h3-5H,6-7H2,1-2H3,(H,14,15,17). The molecule has 0 aliphatic heterocycles. The van der Waals surface area contributed by atoms with E-state index in [9.17, 15) is 9.59 Å². The minimum absolute atomic E-state index is 0.151. The van der Waals surface area contributed by atoms with Crippen molar-refractivity contribution in [3.05, 3.63) is 39.9 Å².